The van der Waals surface area contributed by atoms with Crippen molar-refractivity contribution in [2.75, 3.05) is 59.7 Å². The Morgan fingerprint density at radius 3 is 1.28 bits per heavy atom. The summed E-state index contributed by atoms with van der Waals surface area (Å²) in [5, 5.41) is 0. The summed E-state index contributed by atoms with van der Waals surface area (Å²) in [6.45, 7) is 63.4. The molecule has 126 heavy (non-hydrogen) atoms. The quantitative estimate of drug-likeness (QED) is 0.150. The van der Waals surface area contributed by atoms with E-state index in [0.29, 0.717) is 59.9 Å². The predicted molar refractivity (Wildman–Crippen MR) is 556 cm³/mol. The molecule has 0 spiro atoms. The molecule has 9 heteroatoms. The third-order valence-electron chi connectivity index (χ3n) is 27.5. The molecule has 9 heterocycles. The number of hydrogen-bond donors (Lipinski definition) is 0. The molecule has 7 aromatic carbocycles. The van der Waals surface area contributed by atoms with Crippen molar-refractivity contribution in [2.45, 2.75) is 280 Å². The first-order valence-electron chi connectivity index (χ1n) is 47.5. The summed E-state index contributed by atoms with van der Waals surface area (Å²) in [7, 11) is 10.9. The molecule has 0 amide bonds. The fourth-order valence-corrected chi connectivity index (χ4v) is 20.0. The minimum atomic E-state index is 0.296. The standard InChI is InChI=1S/2C16H16.C15H17N.4C14H16N2.7C2H6/c1-10-8-14-9-13-6-4-5-7-15(13)16(14)12(3)11(10)2;1-10-8-16-14-7-5-4-6-13(14)9-15(16)12(3)11(10)2;1-10-8-9-13-12-6-4-5-7-14(12)16(3)15(13)11(10)2;1-9-4-5-11-12-8-15-7-6-13(12)16(3)14(11)10(9)2;1-9-6-7-11-13-12(5-4-8-15-13)16(3)14(11)10(9)2;1-9-10(2)15-8-12-11-6-4-5-7-13(11)16(3)14(9)12;1-9-8-15-13-11-6-4-5-7-12(11)16(3)14(13)10(9)2;7*1-2/h2*4-8H,9H2,1-3H3;4-9,13,15H,1-3H3;2*4-8,11,14H,1-3H3;4-8,12,14H,1-3H3;4-8,13-14H,1-3H3;7*1-2H3. The van der Waals surface area contributed by atoms with Crippen LogP contribution in [0.1, 0.15) is 279 Å². The van der Waals surface area contributed by atoms with E-state index in [9.17, 15) is 0 Å². The number of anilines is 5. The van der Waals surface area contributed by atoms with Gasteiger partial charge >= 0.3 is 0 Å². The largest absolute Gasteiger partial charge is 0.367 e. The highest BCUT2D eigenvalue weighted by Gasteiger charge is 2.43. The zero-order valence-corrected chi connectivity index (χ0v) is 84.0. The van der Waals surface area contributed by atoms with E-state index >= 15 is 0 Å². The minimum absolute atomic E-state index is 0.296. The number of aliphatic imine (C=N–C) groups is 2. The van der Waals surface area contributed by atoms with E-state index in [-0.39, 0.29) is 0 Å². The van der Waals surface area contributed by atoms with Gasteiger partial charge in [0.15, 0.2) is 0 Å². The molecule has 10 atom stereocenters. The molecule has 10 unspecified atom stereocenters. The van der Waals surface area contributed by atoms with Crippen molar-refractivity contribution in [1.82, 2.24) is 9.97 Å². The fraction of sp³-hybridized carbons (Fsp3) is 0.402. The van der Waals surface area contributed by atoms with Crippen LogP contribution >= 0.6 is 0 Å². The molecular formula is C117H155N9. The van der Waals surface area contributed by atoms with Crippen molar-refractivity contribution in [3.05, 3.63) is 346 Å². The molecule has 7 aliphatic heterocycles. The Morgan fingerprint density at radius 1 is 0.317 bits per heavy atom. The zero-order chi connectivity index (χ0) is 93.0. The molecule has 0 saturated carbocycles. The summed E-state index contributed by atoms with van der Waals surface area (Å²) in [6.07, 6.45) is 25.8. The molecule has 12 aliphatic rings. The summed E-state index contributed by atoms with van der Waals surface area (Å²) < 4.78 is 0. The van der Waals surface area contributed by atoms with Crippen LogP contribution in [0.3, 0.4) is 0 Å². The van der Waals surface area contributed by atoms with Gasteiger partial charge in [-0.25, -0.2) is 0 Å². The molecule has 0 saturated heterocycles. The number of rotatable bonds is 0. The molecule has 21 rings (SSSR count). The maximum Gasteiger partial charge on any atom is 0.101 e. The Hall–Kier alpha value is -10.9. The number of aromatic nitrogens is 2. The smallest absolute Gasteiger partial charge is 0.101 e. The Balaban J connectivity index is 0.000000178. The Morgan fingerprint density at radius 2 is 0.722 bits per heavy atom. The highest BCUT2D eigenvalue weighted by molar-refractivity contribution is 5.85. The van der Waals surface area contributed by atoms with Gasteiger partial charge in [0, 0.05) is 130 Å². The SMILES string of the molecule is CC.CC.CC.CC.CC.CC.CC.CC1=C(C)C2C(C=C1)c1ccccc1N2C.CC1=C(C)C2C(C=C1)c1cnccc1N2C.CC1=C(C)C2C(C=C1)c1ncccc1N2C.CC1=C(C)C2C(C=N1)c1ccccc1N2C.CC1=C(C)C2C(N=C1)c1ccccc1N2C.Cc1cc2c(c(C)c1C)-c1ccccc1C2.Cc1cc2c(c(C)c1C)Cc1ccccc1-2. The summed E-state index contributed by atoms with van der Waals surface area (Å²) in [4.78, 5) is 29.9. The number of aryl methyl sites for hydroxylation is 2. The van der Waals surface area contributed by atoms with Crippen LogP contribution < -0.4 is 24.5 Å². The van der Waals surface area contributed by atoms with Gasteiger partial charge < -0.3 is 24.5 Å². The first-order chi connectivity index (χ1) is 60.9. The lowest BCUT2D eigenvalue weighted by Crippen LogP contribution is -2.34. The van der Waals surface area contributed by atoms with E-state index in [1.54, 1.807) is 0 Å². The normalized spacial score (nSPS) is 20.7. The molecular weight excluding hydrogens is 1530 g/mol. The van der Waals surface area contributed by atoms with Crippen molar-refractivity contribution in [3.8, 4) is 22.3 Å². The monoisotopic (exact) mass is 1690 g/mol. The molecule has 668 valence electrons. The van der Waals surface area contributed by atoms with Gasteiger partial charge in [-0.2, -0.15) is 0 Å². The Kier molecular flexibility index (Phi) is 36.7. The van der Waals surface area contributed by atoms with E-state index in [2.05, 4.69) is 374 Å². The van der Waals surface area contributed by atoms with Crippen molar-refractivity contribution in [2.24, 2.45) is 9.98 Å². The fourth-order valence-electron chi connectivity index (χ4n) is 20.0. The number of nitrogens with zero attached hydrogens (tertiary/aromatic N) is 9. The van der Waals surface area contributed by atoms with Gasteiger partial charge in [-0.05, 0) is 282 Å². The van der Waals surface area contributed by atoms with Crippen molar-refractivity contribution in [1.29, 1.82) is 0 Å². The van der Waals surface area contributed by atoms with Crippen LogP contribution in [0, 0.1) is 41.5 Å². The molecule has 0 bridgehead atoms. The second kappa shape index (κ2) is 46.0. The Labute approximate surface area is 764 Å². The van der Waals surface area contributed by atoms with Crippen molar-refractivity contribution < 1.29 is 0 Å². The average molecular weight is 1690 g/mol. The molecule has 0 radical (unpaired) electrons. The maximum absolute atomic E-state index is 4.69. The third kappa shape index (κ3) is 19.9. The van der Waals surface area contributed by atoms with E-state index in [4.69, 9.17) is 4.99 Å². The van der Waals surface area contributed by atoms with Crippen LogP contribution in [-0.4, -0.2) is 87.8 Å². The molecule has 0 fully saturated rings. The van der Waals surface area contributed by atoms with Gasteiger partial charge in [0.2, 0.25) is 0 Å². The van der Waals surface area contributed by atoms with Gasteiger partial charge in [0.25, 0.3) is 0 Å². The number of hydrogen-bond acceptors (Lipinski definition) is 9. The third-order valence-corrected chi connectivity index (χ3v) is 27.5. The maximum atomic E-state index is 4.69. The van der Waals surface area contributed by atoms with Gasteiger partial charge in [-0.1, -0.05) is 265 Å². The molecule has 9 aromatic rings. The summed E-state index contributed by atoms with van der Waals surface area (Å²) in [6, 6.07) is 57.2. The number of likely N-dealkylation sites (N-methyl/N-ethyl adjacent to an activating group) is 5. The average Bonchev–Trinajstić information content (AvgIpc) is 1.61. The molecule has 5 aliphatic carbocycles. The second-order valence-corrected chi connectivity index (χ2v) is 33.3. The molecule has 2 aromatic heterocycles. The van der Waals surface area contributed by atoms with Crippen LogP contribution in [0.2, 0.25) is 0 Å². The number of dihydropyridines is 1. The van der Waals surface area contributed by atoms with E-state index < -0.39 is 0 Å². The topological polar surface area (TPSA) is 66.7 Å². The van der Waals surface area contributed by atoms with Crippen molar-refractivity contribution in [3.63, 3.8) is 0 Å². The predicted octanol–water partition coefficient (Wildman–Crippen LogP) is 30.8. The lowest BCUT2D eigenvalue weighted by molar-refractivity contribution is 0.618. The lowest BCUT2D eigenvalue weighted by atomic mass is 9.84. The second-order valence-electron chi connectivity index (χ2n) is 33.3. The number of allylic oxidation sites excluding steroid dienone is 8. The first-order valence-corrected chi connectivity index (χ1v) is 47.5. The summed E-state index contributed by atoms with van der Waals surface area (Å²) >= 11 is 0. The number of benzene rings is 7. The highest BCUT2D eigenvalue weighted by Crippen LogP contribution is 2.51. The van der Waals surface area contributed by atoms with Crippen LogP contribution in [0.15, 0.2) is 273 Å². The van der Waals surface area contributed by atoms with Gasteiger partial charge in [-0.15, -0.1) is 0 Å². The van der Waals surface area contributed by atoms with Crippen LogP contribution in [0.5, 0.6) is 0 Å². The van der Waals surface area contributed by atoms with Gasteiger partial charge in [0.1, 0.15) is 6.04 Å². The first kappa shape index (κ1) is 101. The van der Waals surface area contributed by atoms with Gasteiger partial charge in [-0.3, -0.25) is 20.0 Å². The number of para-hydroxylation sites is 3. The molecule has 0 N–H and O–H groups in total. The van der Waals surface area contributed by atoms with Crippen LogP contribution in [0.4, 0.5) is 28.4 Å². The minimum Gasteiger partial charge on any atom is -0.367 e. The number of fused-ring (bicyclic) bond motifs is 21. The summed E-state index contributed by atoms with van der Waals surface area (Å²) in [5.41, 5.74) is 47.9. The zero-order valence-electron chi connectivity index (χ0n) is 84.0. The van der Waals surface area contributed by atoms with E-state index in [1.807, 2.05) is 128 Å². The van der Waals surface area contributed by atoms with E-state index in [0.717, 1.165) is 12.8 Å². The number of pyridine rings is 2. The lowest BCUT2D eigenvalue weighted by Gasteiger charge is -2.30. The summed E-state index contributed by atoms with van der Waals surface area (Å²) in [5.74, 6) is 1.90. The molecule has 9 nitrogen and oxygen atoms in total. The van der Waals surface area contributed by atoms with E-state index in [1.165, 1.54) is 190 Å². The van der Waals surface area contributed by atoms with Gasteiger partial charge in [0.05, 0.1) is 41.6 Å². The van der Waals surface area contributed by atoms with Crippen LogP contribution in [-0.2, 0) is 12.8 Å². The Bertz CT molecular complexity index is 5020. The van der Waals surface area contributed by atoms with Crippen molar-refractivity contribution >= 4 is 40.9 Å². The highest BCUT2D eigenvalue weighted by atomic mass is 15.2. The van der Waals surface area contributed by atoms with Crippen LogP contribution in [0.25, 0.3) is 22.3 Å².